The molecule has 0 bridgehead atoms. The molecule has 4 rings (SSSR count). The van der Waals surface area contributed by atoms with Crippen LogP contribution in [0, 0.1) is 0 Å². The Morgan fingerprint density at radius 1 is 1.00 bits per heavy atom. The van der Waals surface area contributed by atoms with Crippen molar-refractivity contribution in [2.75, 3.05) is 12.4 Å². The molecular weight excluding hydrogens is 404 g/mol. The van der Waals surface area contributed by atoms with Crippen LogP contribution in [0.5, 0.6) is 5.75 Å². The van der Waals surface area contributed by atoms with Crippen molar-refractivity contribution in [2.24, 2.45) is 0 Å². The highest BCUT2D eigenvalue weighted by atomic mass is 16.5. The Kier molecular flexibility index (Phi) is 6.17. The zero-order valence-electron chi connectivity index (χ0n) is 17.9. The van der Waals surface area contributed by atoms with Crippen LogP contribution in [0.1, 0.15) is 24.9 Å². The minimum atomic E-state index is -0.474. The predicted molar refractivity (Wildman–Crippen MR) is 123 cm³/mol. The fourth-order valence-corrected chi connectivity index (χ4v) is 3.61. The number of methoxy groups -OCH3 is 1. The summed E-state index contributed by atoms with van der Waals surface area (Å²) < 4.78 is 7.05. The molecule has 162 valence electrons. The first-order chi connectivity index (χ1) is 15.5. The second-order valence-corrected chi connectivity index (χ2v) is 7.38. The van der Waals surface area contributed by atoms with Gasteiger partial charge in [-0.25, -0.2) is 4.98 Å². The van der Waals surface area contributed by atoms with Gasteiger partial charge < -0.3 is 15.4 Å². The van der Waals surface area contributed by atoms with Crippen LogP contribution in [0.25, 0.3) is 16.9 Å². The summed E-state index contributed by atoms with van der Waals surface area (Å²) >= 11 is 0. The number of benzene rings is 2. The lowest BCUT2D eigenvalue weighted by Gasteiger charge is -2.18. The minimum Gasteiger partial charge on any atom is -0.497 e. The summed E-state index contributed by atoms with van der Waals surface area (Å²) in [5, 5.41) is 5.88. The number of hydrogen-bond acceptors (Lipinski definition) is 4. The van der Waals surface area contributed by atoms with Gasteiger partial charge in [0.2, 0.25) is 11.8 Å². The Bertz CT molecular complexity index is 1230. The maximum Gasteiger partial charge on any atom is 0.227 e. The molecule has 4 aromatic rings. The zero-order chi connectivity index (χ0) is 22.5. The molecule has 2 aromatic heterocycles. The molecule has 2 amide bonds. The largest absolute Gasteiger partial charge is 0.497 e. The predicted octanol–water partition coefficient (Wildman–Crippen LogP) is 4.22. The van der Waals surface area contributed by atoms with Gasteiger partial charge >= 0.3 is 0 Å². The van der Waals surface area contributed by atoms with Crippen molar-refractivity contribution in [1.82, 2.24) is 14.7 Å². The smallest absolute Gasteiger partial charge is 0.227 e. The highest BCUT2D eigenvalue weighted by molar-refractivity contribution is 5.95. The number of anilines is 1. The van der Waals surface area contributed by atoms with Gasteiger partial charge in [-0.2, -0.15) is 0 Å². The van der Waals surface area contributed by atoms with Gasteiger partial charge in [0.05, 0.1) is 19.6 Å². The van der Waals surface area contributed by atoms with E-state index in [9.17, 15) is 9.59 Å². The average Bonchev–Trinajstić information content (AvgIpc) is 3.17. The number of carbonyl (C=O) groups is 2. The third kappa shape index (κ3) is 4.62. The van der Waals surface area contributed by atoms with E-state index in [1.54, 1.807) is 19.2 Å². The molecule has 32 heavy (non-hydrogen) atoms. The van der Waals surface area contributed by atoms with E-state index in [1.807, 2.05) is 71.3 Å². The molecule has 2 aromatic carbocycles. The summed E-state index contributed by atoms with van der Waals surface area (Å²) in [5.41, 5.74) is 3.14. The van der Waals surface area contributed by atoms with Gasteiger partial charge in [-0.15, -0.1) is 0 Å². The number of carbonyl (C=O) groups excluding carboxylic acids is 2. The Morgan fingerprint density at radius 3 is 2.41 bits per heavy atom. The van der Waals surface area contributed by atoms with E-state index in [0.717, 1.165) is 16.8 Å². The highest BCUT2D eigenvalue weighted by Gasteiger charge is 2.21. The van der Waals surface area contributed by atoms with E-state index in [2.05, 4.69) is 10.6 Å². The van der Waals surface area contributed by atoms with Crippen molar-refractivity contribution in [2.45, 2.75) is 19.4 Å². The van der Waals surface area contributed by atoms with E-state index in [-0.39, 0.29) is 18.2 Å². The number of aromatic nitrogens is 2. The summed E-state index contributed by atoms with van der Waals surface area (Å²) in [4.78, 5) is 29.6. The van der Waals surface area contributed by atoms with Crippen molar-refractivity contribution < 1.29 is 14.3 Å². The lowest BCUT2D eigenvalue weighted by atomic mass is 10.0. The standard InChI is InChI=1S/C25H24N4O3/c1-17(30)26-21(18-11-13-20(32-2)14-12-18)16-23(31)28-25-24(19-8-4-3-5-9-19)27-22-10-6-7-15-29(22)25/h3-15,21H,16H2,1-2H3,(H,26,30)(H,28,31). The van der Waals surface area contributed by atoms with Gasteiger partial charge in [-0.1, -0.05) is 48.5 Å². The van der Waals surface area contributed by atoms with E-state index in [1.165, 1.54) is 6.92 Å². The van der Waals surface area contributed by atoms with E-state index in [4.69, 9.17) is 9.72 Å². The van der Waals surface area contributed by atoms with Crippen LogP contribution in [0.15, 0.2) is 79.0 Å². The summed E-state index contributed by atoms with van der Waals surface area (Å²) in [7, 11) is 1.59. The number of fused-ring (bicyclic) bond motifs is 1. The third-order valence-corrected chi connectivity index (χ3v) is 5.12. The SMILES string of the molecule is COc1ccc(C(CC(=O)Nc2c(-c3ccccc3)nc3ccccn23)NC(C)=O)cc1. The minimum absolute atomic E-state index is 0.0696. The number of amides is 2. The van der Waals surface area contributed by atoms with Gasteiger partial charge in [-0.05, 0) is 29.8 Å². The number of hydrogen-bond donors (Lipinski definition) is 2. The number of ether oxygens (including phenoxy) is 1. The highest BCUT2D eigenvalue weighted by Crippen LogP contribution is 2.29. The van der Waals surface area contributed by atoms with Gasteiger partial charge in [0, 0.05) is 18.7 Å². The Morgan fingerprint density at radius 2 is 1.72 bits per heavy atom. The Labute approximate surface area is 186 Å². The lowest BCUT2D eigenvalue weighted by Crippen LogP contribution is -2.30. The van der Waals surface area contributed by atoms with Crippen LogP contribution in [0.4, 0.5) is 5.82 Å². The maximum absolute atomic E-state index is 13.1. The monoisotopic (exact) mass is 428 g/mol. The first-order valence-corrected chi connectivity index (χ1v) is 10.3. The normalized spacial score (nSPS) is 11.7. The van der Waals surface area contributed by atoms with Gasteiger partial charge in [0.25, 0.3) is 0 Å². The van der Waals surface area contributed by atoms with Gasteiger partial charge in [0.15, 0.2) is 0 Å². The summed E-state index contributed by atoms with van der Waals surface area (Å²) in [6, 6.07) is 22.2. The zero-order valence-corrected chi connectivity index (χ0v) is 17.9. The van der Waals surface area contributed by atoms with Crippen LogP contribution in [-0.2, 0) is 9.59 Å². The maximum atomic E-state index is 13.1. The third-order valence-electron chi connectivity index (χ3n) is 5.12. The first kappa shape index (κ1) is 21.1. The van der Waals surface area contributed by atoms with Crippen LogP contribution < -0.4 is 15.4 Å². The fourth-order valence-electron chi connectivity index (χ4n) is 3.61. The van der Waals surface area contributed by atoms with E-state index in [0.29, 0.717) is 17.3 Å². The average molecular weight is 428 g/mol. The second kappa shape index (κ2) is 9.34. The van der Waals surface area contributed by atoms with Crippen LogP contribution in [-0.4, -0.2) is 28.3 Å². The van der Waals surface area contributed by atoms with Crippen molar-refractivity contribution in [1.29, 1.82) is 0 Å². The van der Waals surface area contributed by atoms with Crippen molar-refractivity contribution in [3.05, 3.63) is 84.6 Å². The van der Waals surface area contributed by atoms with Crippen molar-refractivity contribution in [3.63, 3.8) is 0 Å². The molecule has 7 heteroatoms. The number of nitrogens with zero attached hydrogens (tertiary/aromatic N) is 2. The molecule has 0 aliphatic heterocycles. The van der Waals surface area contributed by atoms with E-state index >= 15 is 0 Å². The molecule has 0 fully saturated rings. The molecule has 1 unspecified atom stereocenters. The topological polar surface area (TPSA) is 84.7 Å². The van der Waals surface area contributed by atoms with E-state index < -0.39 is 6.04 Å². The molecule has 0 saturated carbocycles. The molecule has 2 N–H and O–H groups in total. The second-order valence-electron chi connectivity index (χ2n) is 7.38. The molecule has 0 spiro atoms. The number of pyridine rings is 1. The molecule has 0 aliphatic rings. The summed E-state index contributed by atoms with van der Waals surface area (Å²) in [5.74, 6) is 0.854. The summed E-state index contributed by atoms with van der Waals surface area (Å²) in [6.45, 7) is 1.44. The number of rotatable bonds is 7. The van der Waals surface area contributed by atoms with Crippen molar-refractivity contribution in [3.8, 4) is 17.0 Å². The molecular formula is C25H24N4O3. The van der Waals surface area contributed by atoms with Crippen molar-refractivity contribution >= 4 is 23.3 Å². The van der Waals surface area contributed by atoms with Gasteiger partial charge in [0.1, 0.15) is 22.9 Å². The molecule has 0 radical (unpaired) electrons. The molecule has 0 saturated heterocycles. The van der Waals surface area contributed by atoms with Gasteiger partial charge in [-0.3, -0.25) is 14.0 Å². The Hall–Kier alpha value is -4.13. The molecule has 1 atom stereocenters. The molecule has 7 nitrogen and oxygen atoms in total. The summed E-state index contributed by atoms with van der Waals surface area (Å²) in [6.07, 6.45) is 1.93. The first-order valence-electron chi connectivity index (χ1n) is 10.3. The number of imidazole rings is 1. The fraction of sp³-hybridized carbons (Fsp3) is 0.160. The van der Waals surface area contributed by atoms with Crippen LogP contribution in [0.3, 0.4) is 0 Å². The van der Waals surface area contributed by atoms with Crippen LogP contribution in [0.2, 0.25) is 0 Å². The quantitative estimate of drug-likeness (QED) is 0.462. The number of nitrogens with one attached hydrogen (secondary N) is 2. The molecule has 0 aliphatic carbocycles. The lowest BCUT2D eigenvalue weighted by molar-refractivity contribution is -0.120. The Balaban J connectivity index is 1.63. The van der Waals surface area contributed by atoms with Crippen LogP contribution >= 0.6 is 0 Å². The molecule has 2 heterocycles.